The molecule has 0 unspecified atom stereocenters. The molecule has 8 heteroatoms. The number of halogens is 3. The van der Waals surface area contributed by atoms with Crippen LogP contribution in [0.1, 0.15) is 55.3 Å². The first-order valence-electron chi connectivity index (χ1n) is 9.75. The number of rotatable bonds is 5. The fraction of sp³-hybridized carbons (Fsp3) is 0.250. The molecule has 0 saturated heterocycles. The number of hydrogen-bond donors (Lipinski definition) is 0. The summed E-state index contributed by atoms with van der Waals surface area (Å²) in [6.07, 6.45) is 0. The van der Waals surface area contributed by atoms with Gasteiger partial charge in [0.1, 0.15) is 0 Å². The van der Waals surface area contributed by atoms with E-state index in [1.165, 1.54) is 48.5 Å². The number of hydrogen-bond acceptors (Lipinski definition) is 4. The molecule has 0 atom stereocenters. The van der Waals surface area contributed by atoms with Crippen molar-refractivity contribution in [2.45, 2.75) is 34.6 Å². The van der Waals surface area contributed by atoms with Gasteiger partial charge in [-0.3, -0.25) is 0 Å². The molecule has 2 aromatic carbocycles. The van der Waals surface area contributed by atoms with Gasteiger partial charge in [-0.1, -0.05) is 0 Å². The summed E-state index contributed by atoms with van der Waals surface area (Å²) in [5.41, 5.74) is 3.01. The van der Waals surface area contributed by atoms with Gasteiger partial charge in [0.2, 0.25) is 0 Å². The van der Waals surface area contributed by atoms with Gasteiger partial charge < -0.3 is 12.4 Å². The maximum absolute atomic E-state index is 13.2. The van der Waals surface area contributed by atoms with Crippen LogP contribution >= 0.6 is 0 Å². The van der Waals surface area contributed by atoms with E-state index in [1.54, 1.807) is 0 Å². The SMILES string of the molecule is CC1=C(C)C(C)(C)[C]([Ti+]([O]C(=O)c2ccc(F)cc2)[O]C(=O)c2ccc(F)cc2)=C1C.[Cl-]. The summed E-state index contributed by atoms with van der Waals surface area (Å²) in [6.45, 7) is 9.92. The van der Waals surface area contributed by atoms with Gasteiger partial charge in [-0.15, -0.1) is 0 Å². The van der Waals surface area contributed by atoms with E-state index < -0.39 is 47.6 Å². The normalized spacial score (nSPS) is 14.7. The van der Waals surface area contributed by atoms with Crippen LogP contribution in [0, 0.1) is 17.0 Å². The van der Waals surface area contributed by atoms with Crippen molar-refractivity contribution in [2.24, 2.45) is 5.41 Å². The van der Waals surface area contributed by atoms with E-state index in [1.807, 2.05) is 34.6 Å². The van der Waals surface area contributed by atoms with Crippen LogP contribution in [0.3, 0.4) is 0 Å². The maximum atomic E-state index is 13.2. The second-order valence-electron chi connectivity index (χ2n) is 7.96. The van der Waals surface area contributed by atoms with Crippen molar-refractivity contribution < 1.29 is 56.1 Å². The minimum Gasteiger partial charge on any atom is -1.00 e. The molecular formula is C24H23ClF2O4Ti. The maximum Gasteiger partial charge on any atom is -1.00 e. The molecule has 2 aromatic rings. The zero-order chi connectivity index (χ0) is 22.9. The first-order valence-corrected chi connectivity index (χ1v) is 11.8. The molecule has 0 radical (unpaired) electrons. The van der Waals surface area contributed by atoms with Crippen LogP contribution in [-0.2, 0) is 25.3 Å². The second-order valence-corrected chi connectivity index (χ2v) is 10.3. The summed E-state index contributed by atoms with van der Waals surface area (Å²) in [5, 5.41) is 0. The first-order chi connectivity index (χ1) is 14.5. The summed E-state index contributed by atoms with van der Waals surface area (Å²) in [7, 11) is 0. The van der Waals surface area contributed by atoms with E-state index in [4.69, 9.17) is 6.64 Å². The third-order valence-corrected chi connectivity index (χ3v) is 9.15. The number of benzene rings is 2. The van der Waals surface area contributed by atoms with Crippen LogP contribution in [-0.4, -0.2) is 11.9 Å². The predicted octanol–water partition coefficient (Wildman–Crippen LogP) is 3.08. The molecule has 1 aliphatic rings. The number of allylic oxidation sites excluding steroid dienone is 4. The third-order valence-electron chi connectivity index (χ3n) is 5.80. The zero-order valence-electron chi connectivity index (χ0n) is 18.4. The van der Waals surface area contributed by atoms with E-state index in [9.17, 15) is 18.4 Å². The Labute approximate surface area is 199 Å². The number of carbonyl (C=O) groups is 2. The monoisotopic (exact) mass is 496 g/mol. The van der Waals surface area contributed by atoms with Crippen molar-refractivity contribution in [2.75, 3.05) is 0 Å². The molecule has 0 N–H and O–H groups in total. The molecule has 4 nitrogen and oxygen atoms in total. The van der Waals surface area contributed by atoms with Crippen molar-refractivity contribution in [1.29, 1.82) is 0 Å². The third kappa shape index (κ3) is 5.20. The molecule has 32 heavy (non-hydrogen) atoms. The van der Waals surface area contributed by atoms with Crippen molar-refractivity contribution in [3.05, 3.63) is 91.9 Å². The molecule has 168 valence electrons. The van der Waals surface area contributed by atoms with Crippen LogP contribution in [0.15, 0.2) is 69.1 Å². The standard InChI is InChI=1S/C10H15.2C7H5FO2.ClH.Ti/c1-7-6-10(4,5)9(3)8(7)2;2*8-6-3-1-5(2-4-6)7(9)10;;/h1-5H3;2*1-4H,(H,9,10);1H;/q;;;;+3/p-3. The average Bonchev–Trinajstić information content (AvgIpc) is 2.87. The quantitative estimate of drug-likeness (QED) is 0.597. The Kier molecular flexibility index (Phi) is 8.21. The molecule has 0 amide bonds. The van der Waals surface area contributed by atoms with Crippen LogP contribution in [0.4, 0.5) is 8.78 Å². The first kappa shape index (κ1) is 26.0. The van der Waals surface area contributed by atoms with Crippen molar-refractivity contribution in [3.63, 3.8) is 0 Å². The molecule has 1 aliphatic carbocycles. The van der Waals surface area contributed by atoms with E-state index in [0.717, 1.165) is 20.6 Å². The fourth-order valence-corrected chi connectivity index (χ4v) is 6.72. The van der Waals surface area contributed by atoms with Gasteiger partial charge in [0.05, 0.1) is 0 Å². The largest absolute Gasteiger partial charge is 1.00 e. The molecule has 0 fully saturated rings. The predicted molar refractivity (Wildman–Crippen MR) is 108 cm³/mol. The molecule has 0 aromatic heterocycles. The molecule has 3 rings (SSSR count). The van der Waals surface area contributed by atoms with Gasteiger partial charge >= 0.3 is 188 Å². The Bertz CT molecular complexity index is 1030. The summed E-state index contributed by atoms with van der Waals surface area (Å²) >= 11 is -3.43. The Morgan fingerprint density at radius 1 is 0.750 bits per heavy atom. The van der Waals surface area contributed by atoms with Gasteiger partial charge in [0.25, 0.3) is 0 Å². The van der Waals surface area contributed by atoms with Crippen LogP contribution < -0.4 is 12.4 Å². The van der Waals surface area contributed by atoms with E-state index >= 15 is 0 Å². The minimum atomic E-state index is -3.43. The Morgan fingerprint density at radius 3 is 1.44 bits per heavy atom. The molecule has 0 heterocycles. The van der Waals surface area contributed by atoms with Crippen molar-refractivity contribution in [3.8, 4) is 0 Å². The molecule has 0 saturated carbocycles. The Morgan fingerprint density at radius 2 is 1.12 bits per heavy atom. The van der Waals surface area contributed by atoms with Crippen LogP contribution in [0.5, 0.6) is 0 Å². The minimum absolute atomic E-state index is 0. The smallest absolute Gasteiger partial charge is 1.00 e. The van der Waals surface area contributed by atoms with Crippen molar-refractivity contribution in [1.82, 2.24) is 0 Å². The van der Waals surface area contributed by atoms with E-state index in [-0.39, 0.29) is 23.5 Å². The summed E-state index contributed by atoms with van der Waals surface area (Å²) in [6, 6.07) is 9.97. The Balaban J connectivity index is 0.00000363. The van der Waals surface area contributed by atoms with Gasteiger partial charge in [0, 0.05) is 0 Å². The summed E-state index contributed by atoms with van der Waals surface area (Å²) in [4.78, 5) is 25.6. The topological polar surface area (TPSA) is 52.6 Å². The van der Waals surface area contributed by atoms with Crippen LogP contribution in [0.2, 0.25) is 0 Å². The van der Waals surface area contributed by atoms with Gasteiger partial charge in [-0.2, -0.15) is 0 Å². The fourth-order valence-electron chi connectivity index (χ4n) is 3.58. The second kappa shape index (κ2) is 10.1. The molecule has 0 bridgehead atoms. The molecule has 0 aliphatic heterocycles. The molecular weight excluding hydrogens is 474 g/mol. The van der Waals surface area contributed by atoms with E-state index in [0.29, 0.717) is 0 Å². The van der Waals surface area contributed by atoms with Gasteiger partial charge in [-0.05, 0) is 0 Å². The Hall–Kier alpha value is -2.28. The van der Waals surface area contributed by atoms with Crippen molar-refractivity contribution >= 4 is 11.9 Å². The van der Waals surface area contributed by atoms with E-state index in [2.05, 4.69) is 0 Å². The van der Waals surface area contributed by atoms with Gasteiger partial charge in [-0.25, -0.2) is 0 Å². The van der Waals surface area contributed by atoms with Gasteiger partial charge in [0.15, 0.2) is 0 Å². The summed E-state index contributed by atoms with van der Waals surface area (Å²) in [5.74, 6) is -2.30. The zero-order valence-corrected chi connectivity index (χ0v) is 20.7. The average molecular weight is 497 g/mol. The molecule has 0 spiro atoms. The summed E-state index contributed by atoms with van der Waals surface area (Å²) < 4.78 is 38.8. The van der Waals surface area contributed by atoms with Crippen LogP contribution in [0.25, 0.3) is 0 Å². The number of carbonyl (C=O) groups excluding carboxylic acids is 2.